The summed E-state index contributed by atoms with van der Waals surface area (Å²) < 4.78 is 4.98. The first kappa shape index (κ1) is 8.26. The van der Waals surface area contributed by atoms with E-state index in [1.54, 1.807) is 0 Å². The first-order valence-corrected chi connectivity index (χ1v) is 4.19. The lowest BCUT2D eigenvalue weighted by Gasteiger charge is -1.94. The molecule has 0 saturated carbocycles. The first-order chi connectivity index (χ1) is 6.27. The van der Waals surface area contributed by atoms with Crippen molar-refractivity contribution in [2.75, 3.05) is 0 Å². The van der Waals surface area contributed by atoms with Gasteiger partial charge in [-0.05, 0) is 5.56 Å². The maximum atomic E-state index is 10.4. The Morgan fingerprint density at radius 1 is 1.38 bits per heavy atom. The van der Waals surface area contributed by atoms with Crippen molar-refractivity contribution < 1.29 is 14.6 Å². The summed E-state index contributed by atoms with van der Waals surface area (Å²) in [5.41, 5.74) is 1.12. The third-order valence-corrected chi connectivity index (χ3v) is 2.11. The average Bonchev–Trinajstić information content (AvgIpc) is 2.86. The molecule has 2 rings (SSSR count). The van der Waals surface area contributed by atoms with Gasteiger partial charge in [0.2, 0.25) is 0 Å². The normalized spacial score (nSPS) is 25.5. The van der Waals surface area contributed by atoms with Crippen molar-refractivity contribution in [3.63, 3.8) is 0 Å². The minimum atomic E-state index is -0.860. The zero-order chi connectivity index (χ0) is 9.26. The van der Waals surface area contributed by atoms with Crippen molar-refractivity contribution in [2.45, 2.75) is 18.6 Å². The summed E-state index contributed by atoms with van der Waals surface area (Å²) in [5.74, 6) is -0.860. The SMILES string of the molecule is O=C(O)[C@@H]1OC1Cc1ccccc1. The number of epoxide rings is 1. The number of rotatable bonds is 3. The topological polar surface area (TPSA) is 49.8 Å². The minimum Gasteiger partial charge on any atom is -0.479 e. The number of carboxylic acids is 1. The number of hydrogen-bond acceptors (Lipinski definition) is 2. The van der Waals surface area contributed by atoms with Gasteiger partial charge in [0.05, 0.1) is 6.10 Å². The second-order valence-corrected chi connectivity index (χ2v) is 3.12. The van der Waals surface area contributed by atoms with Crippen LogP contribution in [0.4, 0.5) is 0 Å². The molecule has 1 aliphatic heterocycles. The van der Waals surface area contributed by atoms with Gasteiger partial charge in [0, 0.05) is 6.42 Å². The minimum absolute atomic E-state index is 0.125. The van der Waals surface area contributed by atoms with Crippen LogP contribution in [0.5, 0.6) is 0 Å². The highest BCUT2D eigenvalue weighted by atomic mass is 16.6. The molecule has 68 valence electrons. The van der Waals surface area contributed by atoms with E-state index in [1.165, 1.54) is 0 Å². The number of aliphatic carboxylic acids is 1. The molecule has 2 atom stereocenters. The molecule has 3 heteroatoms. The van der Waals surface area contributed by atoms with Crippen molar-refractivity contribution in [2.24, 2.45) is 0 Å². The van der Waals surface area contributed by atoms with Crippen LogP contribution in [0.1, 0.15) is 5.56 Å². The molecule has 0 amide bonds. The maximum Gasteiger partial charge on any atom is 0.335 e. The molecule has 1 aliphatic rings. The molecule has 0 aliphatic carbocycles. The summed E-state index contributed by atoms with van der Waals surface area (Å²) in [6, 6.07) is 9.76. The van der Waals surface area contributed by atoms with Gasteiger partial charge in [0.25, 0.3) is 0 Å². The Morgan fingerprint density at radius 3 is 2.62 bits per heavy atom. The van der Waals surface area contributed by atoms with Gasteiger partial charge >= 0.3 is 5.97 Å². The molecule has 0 spiro atoms. The van der Waals surface area contributed by atoms with Crippen LogP contribution in [0, 0.1) is 0 Å². The van der Waals surface area contributed by atoms with E-state index in [1.807, 2.05) is 30.3 Å². The van der Waals surface area contributed by atoms with Crippen molar-refractivity contribution in [3.05, 3.63) is 35.9 Å². The van der Waals surface area contributed by atoms with E-state index in [0.29, 0.717) is 6.42 Å². The monoisotopic (exact) mass is 178 g/mol. The molecule has 1 unspecified atom stereocenters. The Labute approximate surface area is 76.0 Å². The van der Waals surface area contributed by atoms with Gasteiger partial charge in [-0.15, -0.1) is 0 Å². The lowest BCUT2D eigenvalue weighted by Crippen LogP contribution is -2.09. The van der Waals surface area contributed by atoms with E-state index in [4.69, 9.17) is 9.84 Å². The van der Waals surface area contributed by atoms with Crippen LogP contribution in [0.3, 0.4) is 0 Å². The fourth-order valence-electron chi connectivity index (χ4n) is 1.36. The van der Waals surface area contributed by atoms with Gasteiger partial charge in [-0.25, -0.2) is 4.79 Å². The second kappa shape index (κ2) is 3.18. The van der Waals surface area contributed by atoms with Crippen molar-refractivity contribution in [1.82, 2.24) is 0 Å². The van der Waals surface area contributed by atoms with Gasteiger partial charge in [0.15, 0.2) is 6.10 Å². The second-order valence-electron chi connectivity index (χ2n) is 3.12. The fourth-order valence-corrected chi connectivity index (χ4v) is 1.36. The highest BCUT2D eigenvalue weighted by Crippen LogP contribution is 2.25. The molecule has 0 aromatic heterocycles. The first-order valence-electron chi connectivity index (χ1n) is 4.19. The lowest BCUT2D eigenvalue weighted by atomic mass is 10.1. The van der Waals surface area contributed by atoms with Crippen LogP contribution < -0.4 is 0 Å². The highest BCUT2D eigenvalue weighted by Gasteiger charge is 2.44. The van der Waals surface area contributed by atoms with Gasteiger partial charge in [-0.1, -0.05) is 30.3 Å². The van der Waals surface area contributed by atoms with Gasteiger partial charge in [-0.2, -0.15) is 0 Å². The number of hydrogen-bond donors (Lipinski definition) is 1. The molecule has 13 heavy (non-hydrogen) atoms. The summed E-state index contributed by atoms with van der Waals surface area (Å²) in [7, 11) is 0. The number of ether oxygens (including phenoxy) is 1. The van der Waals surface area contributed by atoms with Crippen LogP contribution in [-0.4, -0.2) is 23.3 Å². The quantitative estimate of drug-likeness (QED) is 0.704. The van der Waals surface area contributed by atoms with Gasteiger partial charge in [0.1, 0.15) is 0 Å². The van der Waals surface area contributed by atoms with Crippen LogP contribution in [-0.2, 0) is 16.0 Å². The van der Waals surface area contributed by atoms with Crippen LogP contribution in [0.15, 0.2) is 30.3 Å². The number of benzene rings is 1. The average molecular weight is 178 g/mol. The van der Waals surface area contributed by atoms with Crippen molar-refractivity contribution >= 4 is 5.97 Å². The summed E-state index contributed by atoms with van der Waals surface area (Å²) in [5, 5.41) is 8.58. The zero-order valence-corrected chi connectivity index (χ0v) is 7.01. The molecular weight excluding hydrogens is 168 g/mol. The van der Waals surface area contributed by atoms with Crippen molar-refractivity contribution in [1.29, 1.82) is 0 Å². The third-order valence-electron chi connectivity index (χ3n) is 2.11. The molecule has 0 radical (unpaired) electrons. The molecule has 1 N–H and O–H groups in total. The molecule has 1 aromatic rings. The Bertz CT molecular complexity index is 307. The maximum absolute atomic E-state index is 10.4. The standard InChI is InChI=1S/C10H10O3/c11-10(12)9-8(13-9)6-7-4-2-1-3-5-7/h1-5,8-9H,6H2,(H,11,12)/t8?,9-/m1/s1. The summed E-state index contributed by atoms with van der Waals surface area (Å²) in [6.07, 6.45) is -0.0160. The Morgan fingerprint density at radius 2 is 2.08 bits per heavy atom. The predicted molar refractivity (Wildman–Crippen MR) is 46.4 cm³/mol. The Balaban J connectivity index is 1.92. The Hall–Kier alpha value is -1.35. The van der Waals surface area contributed by atoms with Crippen LogP contribution >= 0.6 is 0 Å². The smallest absolute Gasteiger partial charge is 0.335 e. The molecule has 0 bridgehead atoms. The van der Waals surface area contributed by atoms with Gasteiger partial charge in [-0.3, -0.25) is 0 Å². The van der Waals surface area contributed by atoms with Crippen LogP contribution in [0.25, 0.3) is 0 Å². The molecule has 1 heterocycles. The summed E-state index contributed by atoms with van der Waals surface area (Å²) in [4.78, 5) is 10.4. The van der Waals surface area contributed by atoms with E-state index in [0.717, 1.165) is 5.56 Å². The zero-order valence-electron chi connectivity index (χ0n) is 7.01. The van der Waals surface area contributed by atoms with Crippen molar-refractivity contribution in [3.8, 4) is 0 Å². The van der Waals surface area contributed by atoms with Gasteiger partial charge < -0.3 is 9.84 Å². The number of carbonyl (C=O) groups is 1. The summed E-state index contributed by atoms with van der Waals surface area (Å²) in [6.45, 7) is 0. The highest BCUT2D eigenvalue weighted by molar-refractivity contribution is 5.75. The summed E-state index contributed by atoms with van der Waals surface area (Å²) >= 11 is 0. The van der Waals surface area contributed by atoms with E-state index in [-0.39, 0.29) is 6.10 Å². The number of carboxylic acid groups (broad SMARTS) is 1. The molecule has 1 aromatic carbocycles. The largest absolute Gasteiger partial charge is 0.479 e. The molecule has 1 fully saturated rings. The lowest BCUT2D eigenvalue weighted by molar-refractivity contribution is -0.138. The third kappa shape index (κ3) is 1.87. The predicted octanol–water partition coefficient (Wildman–Crippen LogP) is 1.08. The Kier molecular flexibility index (Phi) is 2.02. The fraction of sp³-hybridized carbons (Fsp3) is 0.300. The van der Waals surface area contributed by atoms with E-state index in [2.05, 4.69) is 0 Å². The van der Waals surface area contributed by atoms with E-state index in [9.17, 15) is 4.79 Å². The molecule has 3 nitrogen and oxygen atoms in total. The molecular formula is C10H10O3. The van der Waals surface area contributed by atoms with Crippen LogP contribution in [0.2, 0.25) is 0 Å². The van der Waals surface area contributed by atoms with E-state index >= 15 is 0 Å². The molecule has 1 saturated heterocycles. The van der Waals surface area contributed by atoms with E-state index < -0.39 is 12.1 Å².